The predicted octanol–water partition coefficient (Wildman–Crippen LogP) is 1.69. The van der Waals surface area contributed by atoms with Crippen LogP contribution in [-0.2, 0) is 4.79 Å². The number of hydrogen-bond donors (Lipinski definition) is 1. The zero-order chi connectivity index (χ0) is 12.0. The lowest BCUT2D eigenvalue weighted by Gasteiger charge is -2.31. The Hall–Kier alpha value is -0.970. The zero-order valence-corrected chi connectivity index (χ0v) is 11.0. The van der Waals surface area contributed by atoms with Crippen molar-refractivity contribution in [2.45, 2.75) is 44.7 Å². The fourth-order valence-electron chi connectivity index (χ4n) is 2.96. The van der Waals surface area contributed by atoms with Gasteiger partial charge in [-0.05, 0) is 31.5 Å². The van der Waals surface area contributed by atoms with E-state index in [9.17, 15) is 4.79 Å². The minimum absolute atomic E-state index is 0.0111. The summed E-state index contributed by atoms with van der Waals surface area (Å²) in [6, 6.07) is 0.973. The normalized spacial score (nSPS) is 31.2. The van der Waals surface area contributed by atoms with E-state index in [0.29, 0.717) is 12.1 Å². The number of amidine groups is 1. The van der Waals surface area contributed by atoms with E-state index in [1.54, 1.807) is 7.05 Å². The molecule has 1 fully saturated rings. The summed E-state index contributed by atoms with van der Waals surface area (Å²) in [7, 11) is 1.68. The Labute approximate surface area is 106 Å². The predicted molar refractivity (Wildman–Crippen MR) is 69.7 cm³/mol. The first-order valence-electron chi connectivity index (χ1n) is 6.20. The van der Waals surface area contributed by atoms with Crippen LogP contribution < -0.4 is 5.32 Å². The van der Waals surface area contributed by atoms with Gasteiger partial charge in [0.15, 0.2) is 5.17 Å². The molecule has 2 aliphatic heterocycles. The highest BCUT2D eigenvalue weighted by atomic mass is 32.2. The molecule has 0 saturated heterocycles. The number of likely N-dealkylation sites (N-methyl/N-ethyl adjacent to an activating group) is 1. The zero-order valence-electron chi connectivity index (χ0n) is 10.2. The third-order valence-electron chi connectivity index (χ3n) is 3.82. The number of thioether (sulfide) groups is 1. The maximum Gasteiger partial charge on any atom is 0.259 e. The number of nitrogens with zero attached hydrogens (tertiary/aromatic N) is 2. The molecule has 0 radical (unpaired) electrons. The molecule has 1 saturated carbocycles. The van der Waals surface area contributed by atoms with Crippen LogP contribution in [0.25, 0.3) is 0 Å². The Morgan fingerprint density at radius 1 is 1.47 bits per heavy atom. The van der Waals surface area contributed by atoms with Crippen molar-refractivity contribution >= 4 is 22.8 Å². The topological polar surface area (TPSA) is 44.7 Å². The number of hydrogen-bond acceptors (Lipinski definition) is 4. The quantitative estimate of drug-likeness (QED) is 0.771. The monoisotopic (exact) mass is 251 g/mol. The molecule has 1 N–H and O–H groups in total. The van der Waals surface area contributed by atoms with Gasteiger partial charge in [0.25, 0.3) is 5.91 Å². The lowest BCUT2D eigenvalue weighted by molar-refractivity contribution is -0.116. The molecule has 1 aliphatic carbocycles. The lowest BCUT2D eigenvalue weighted by atomic mass is 9.90. The average Bonchev–Trinajstić information content (AvgIpc) is 2.85. The van der Waals surface area contributed by atoms with Gasteiger partial charge in [-0.15, -0.1) is 0 Å². The van der Waals surface area contributed by atoms with Crippen LogP contribution in [0.4, 0.5) is 0 Å². The molecule has 92 valence electrons. The molecule has 0 unspecified atom stereocenters. The average molecular weight is 251 g/mol. The maximum atomic E-state index is 11.7. The summed E-state index contributed by atoms with van der Waals surface area (Å²) in [4.78, 5) is 19.6. The standard InChI is InChI=1S/C12H17N3OS/c1-7-10(11(16)13-2)17-12-14-8-5-3-4-6-9(8)15(7)12/h8-9H,3-6H2,1-2H3,(H,13,16)/t8-,9+/m1/s1. The first-order chi connectivity index (χ1) is 8.22. The molecule has 17 heavy (non-hydrogen) atoms. The van der Waals surface area contributed by atoms with Gasteiger partial charge in [-0.3, -0.25) is 9.79 Å². The highest BCUT2D eigenvalue weighted by Gasteiger charge is 2.44. The van der Waals surface area contributed by atoms with Gasteiger partial charge in [-0.1, -0.05) is 12.8 Å². The summed E-state index contributed by atoms with van der Waals surface area (Å²) in [6.07, 6.45) is 4.99. The van der Waals surface area contributed by atoms with Gasteiger partial charge in [0, 0.05) is 12.7 Å². The van der Waals surface area contributed by atoms with E-state index < -0.39 is 0 Å². The third-order valence-corrected chi connectivity index (χ3v) is 4.99. The van der Waals surface area contributed by atoms with Crippen LogP contribution in [0, 0.1) is 0 Å². The molecule has 0 aromatic carbocycles. The van der Waals surface area contributed by atoms with Crippen LogP contribution >= 0.6 is 11.8 Å². The van der Waals surface area contributed by atoms with Crippen LogP contribution in [0.1, 0.15) is 32.6 Å². The Balaban J connectivity index is 1.90. The molecular formula is C12H17N3OS. The van der Waals surface area contributed by atoms with Crippen LogP contribution in [0.2, 0.25) is 0 Å². The summed E-state index contributed by atoms with van der Waals surface area (Å²) < 4.78 is 0. The number of amides is 1. The smallest absolute Gasteiger partial charge is 0.259 e. The summed E-state index contributed by atoms with van der Waals surface area (Å²) in [6.45, 7) is 2.04. The van der Waals surface area contributed by atoms with E-state index in [4.69, 9.17) is 4.99 Å². The Bertz CT molecular complexity index is 429. The molecule has 3 aliphatic rings. The first-order valence-corrected chi connectivity index (χ1v) is 7.02. The molecule has 1 amide bonds. The summed E-state index contributed by atoms with van der Waals surface area (Å²) >= 11 is 1.53. The number of rotatable bonds is 1. The largest absolute Gasteiger partial charge is 0.355 e. The molecular weight excluding hydrogens is 234 g/mol. The van der Waals surface area contributed by atoms with Gasteiger partial charge in [-0.2, -0.15) is 0 Å². The molecule has 3 rings (SSSR count). The van der Waals surface area contributed by atoms with E-state index in [0.717, 1.165) is 15.8 Å². The SMILES string of the molecule is CNC(=O)C1=C(C)N2C(=N[C@@H]3CCCC[C@@H]32)S1. The van der Waals surface area contributed by atoms with Crippen molar-refractivity contribution in [1.82, 2.24) is 10.2 Å². The van der Waals surface area contributed by atoms with Gasteiger partial charge in [0.2, 0.25) is 0 Å². The van der Waals surface area contributed by atoms with Crippen molar-refractivity contribution in [3.8, 4) is 0 Å². The van der Waals surface area contributed by atoms with E-state index in [2.05, 4.69) is 10.2 Å². The van der Waals surface area contributed by atoms with Crippen molar-refractivity contribution in [3.05, 3.63) is 10.6 Å². The number of allylic oxidation sites excluding steroid dienone is 1. The number of carbonyl (C=O) groups is 1. The number of nitrogens with one attached hydrogen (secondary N) is 1. The Morgan fingerprint density at radius 3 is 3.00 bits per heavy atom. The van der Waals surface area contributed by atoms with Gasteiger partial charge < -0.3 is 10.2 Å². The highest BCUT2D eigenvalue weighted by molar-refractivity contribution is 8.18. The fourth-order valence-corrected chi connectivity index (χ4v) is 4.14. The molecule has 0 spiro atoms. The van der Waals surface area contributed by atoms with E-state index in [1.807, 2.05) is 6.92 Å². The lowest BCUT2D eigenvalue weighted by Crippen LogP contribution is -2.38. The van der Waals surface area contributed by atoms with Crippen molar-refractivity contribution in [2.75, 3.05) is 7.05 Å². The molecule has 0 aromatic heterocycles. The van der Waals surface area contributed by atoms with Crippen molar-refractivity contribution in [1.29, 1.82) is 0 Å². The van der Waals surface area contributed by atoms with E-state index in [1.165, 1.54) is 37.4 Å². The maximum absolute atomic E-state index is 11.7. The summed E-state index contributed by atoms with van der Waals surface area (Å²) in [5, 5.41) is 3.74. The number of fused-ring (bicyclic) bond motifs is 3. The molecule has 0 bridgehead atoms. The highest BCUT2D eigenvalue weighted by Crippen LogP contribution is 2.44. The van der Waals surface area contributed by atoms with Gasteiger partial charge >= 0.3 is 0 Å². The van der Waals surface area contributed by atoms with Crippen LogP contribution in [0.15, 0.2) is 15.6 Å². The molecule has 4 nitrogen and oxygen atoms in total. The number of aliphatic imine (C=N–C) groups is 1. The van der Waals surface area contributed by atoms with Gasteiger partial charge in [0.05, 0.1) is 17.0 Å². The Kier molecular flexibility index (Phi) is 2.65. The molecule has 0 aromatic rings. The molecule has 2 heterocycles. The van der Waals surface area contributed by atoms with Gasteiger partial charge in [-0.25, -0.2) is 0 Å². The first kappa shape index (κ1) is 11.1. The second-order valence-electron chi connectivity index (χ2n) is 4.80. The van der Waals surface area contributed by atoms with Gasteiger partial charge in [0.1, 0.15) is 0 Å². The summed E-state index contributed by atoms with van der Waals surface area (Å²) in [5.74, 6) is 0.0111. The molecule has 5 heteroatoms. The second kappa shape index (κ2) is 4.05. The second-order valence-corrected chi connectivity index (χ2v) is 5.77. The number of carbonyl (C=O) groups excluding carboxylic acids is 1. The third kappa shape index (κ3) is 1.59. The van der Waals surface area contributed by atoms with Crippen LogP contribution in [0.5, 0.6) is 0 Å². The minimum Gasteiger partial charge on any atom is -0.355 e. The van der Waals surface area contributed by atoms with Crippen molar-refractivity contribution in [3.63, 3.8) is 0 Å². The van der Waals surface area contributed by atoms with Crippen LogP contribution in [-0.4, -0.2) is 35.1 Å². The van der Waals surface area contributed by atoms with Crippen LogP contribution in [0.3, 0.4) is 0 Å². The summed E-state index contributed by atoms with van der Waals surface area (Å²) in [5.41, 5.74) is 1.09. The van der Waals surface area contributed by atoms with Crippen molar-refractivity contribution < 1.29 is 4.79 Å². The fraction of sp³-hybridized carbons (Fsp3) is 0.667. The minimum atomic E-state index is 0.0111. The van der Waals surface area contributed by atoms with Crippen molar-refractivity contribution in [2.24, 2.45) is 4.99 Å². The van der Waals surface area contributed by atoms with E-state index in [-0.39, 0.29) is 5.91 Å². The Morgan fingerprint density at radius 2 is 2.24 bits per heavy atom. The molecule has 2 atom stereocenters. The van der Waals surface area contributed by atoms with E-state index >= 15 is 0 Å².